The molecule has 0 saturated carbocycles. The second kappa shape index (κ2) is 5.38. The number of sulfonamides is 1. The summed E-state index contributed by atoms with van der Waals surface area (Å²) in [5.41, 5.74) is 0.509. The zero-order valence-corrected chi connectivity index (χ0v) is 12.4. The van der Waals surface area contributed by atoms with Crippen LogP contribution in [0.4, 0.5) is 10.1 Å². The number of para-hydroxylation sites is 1. The van der Waals surface area contributed by atoms with Gasteiger partial charge in [-0.3, -0.25) is 4.31 Å². The van der Waals surface area contributed by atoms with Crippen LogP contribution in [0.2, 0.25) is 5.15 Å². The van der Waals surface area contributed by atoms with E-state index < -0.39 is 15.8 Å². The summed E-state index contributed by atoms with van der Waals surface area (Å²) in [6.07, 6.45) is 1.15. The van der Waals surface area contributed by atoms with Crippen molar-refractivity contribution in [1.29, 1.82) is 0 Å². The third-order valence-corrected chi connectivity index (χ3v) is 4.97. The van der Waals surface area contributed by atoms with Gasteiger partial charge in [0.1, 0.15) is 15.9 Å². The molecule has 1 heterocycles. The Kier molecular flexibility index (Phi) is 3.96. The molecule has 0 fully saturated rings. The molecule has 0 aliphatic heterocycles. The smallest absolute Gasteiger partial charge is 0.265 e. The largest absolute Gasteiger partial charge is 0.266 e. The molecule has 0 radical (unpaired) electrons. The first kappa shape index (κ1) is 14.7. The van der Waals surface area contributed by atoms with Gasteiger partial charge in [-0.05, 0) is 30.7 Å². The number of anilines is 1. The highest BCUT2D eigenvalue weighted by atomic mass is 35.5. The normalized spacial score (nSPS) is 11.4. The Morgan fingerprint density at radius 1 is 1.30 bits per heavy atom. The molecule has 2 rings (SSSR count). The molecular formula is C13H12ClFN2O2S. The second-order valence-corrected chi connectivity index (χ2v) is 6.53. The van der Waals surface area contributed by atoms with E-state index in [1.54, 1.807) is 13.0 Å². The summed E-state index contributed by atoms with van der Waals surface area (Å²) in [4.78, 5) is 3.77. The van der Waals surface area contributed by atoms with Gasteiger partial charge in [-0.2, -0.15) is 0 Å². The van der Waals surface area contributed by atoms with E-state index >= 15 is 0 Å². The molecule has 1 aromatic carbocycles. The molecular weight excluding hydrogens is 303 g/mol. The number of hydrogen-bond acceptors (Lipinski definition) is 3. The lowest BCUT2D eigenvalue weighted by Crippen LogP contribution is -2.27. The molecule has 0 aliphatic rings. The lowest BCUT2D eigenvalue weighted by Gasteiger charge is -2.20. The van der Waals surface area contributed by atoms with E-state index in [2.05, 4.69) is 4.98 Å². The molecule has 0 unspecified atom stereocenters. The zero-order valence-electron chi connectivity index (χ0n) is 10.8. The van der Waals surface area contributed by atoms with E-state index in [0.29, 0.717) is 5.56 Å². The molecule has 0 aliphatic carbocycles. The van der Waals surface area contributed by atoms with Gasteiger partial charge in [0.15, 0.2) is 0 Å². The lowest BCUT2D eigenvalue weighted by atomic mass is 10.3. The Bertz CT molecular complexity index is 750. The predicted molar refractivity (Wildman–Crippen MR) is 76.0 cm³/mol. The van der Waals surface area contributed by atoms with Gasteiger partial charge in [0.25, 0.3) is 10.0 Å². The van der Waals surface area contributed by atoms with Gasteiger partial charge in [-0.1, -0.05) is 23.7 Å². The zero-order chi connectivity index (χ0) is 14.9. The molecule has 106 valence electrons. The molecule has 2 aromatic rings. The van der Waals surface area contributed by atoms with Crippen LogP contribution in [0.25, 0.3) is 0 Å². The number of nitrogens with zero attached hydrogens (tertiary/aromatic N) is 2. The van der Waals surface area contributed by atoms with Gasteiger partial charge in [0, 0.05) is 13.2 Å². The van der Waals surface area contributed by atoms with Crippen molar-refractivity contribution in [3.63, 3.8) is 0 Å². The molecule has 4 nitrogen and oxygen atoms in total. The van der Waals surface area contributed by atoms with Gasteiger partial charge < -0.3 is 0 Å². The summed E-state index contributed by atoms with van der Waals surface area (Å²) < 4.78 is 39.4. The van der Waals surface area contributed by atoms with Crippen molar-refractivity contribution in [3.05, 3.63) is 53.1 Å². The van der Waals surface area contributed by atoms with Crippen molar-refractivity contribution in [2.75, 3.05) is 11.4 Å². The highest BCUT2D eigenvalue weighted by Crippen LogP contribution is 2.25. The van der Waals surface area contributed by atoms with Crippen molar-refractivity contribution in [2.24, 2.45) is 0 Å². The molecule has 0 atom stereocenters. The van der Waals surface area contributed by atoms with Crippen LogP contribution in [0.1, 0.15) is 5.56 Å². The molecule has 20 heavy (non-hydrogen) atoms. The Hall–Kier alpha value is -1.66. The van der Waals surface area contributed by atoms with E-state index in [-0.39, 0.29) is 15.7 Å². The fourth-order valence-corrected chi connectivity index (χ4v) is 3.01. The number of aryl methyl sites for hydroxylation is 1. The molecule has 1 aromatic heterocycles. The van der Waals surface area contributed by atoms with Crippen molar-refractivity contribution >= 4 is 27.3 Å². The van der Waals surface area contributed by atoms with Crippen LogP contribution in [-0.2, 0) is 10.0 Å². The fourth-order valence-electron chi connectivity index (χ4n) is 1.67. The van der Waals surface area contributed by atoms with Gasteiger partial charge in [-0.25, -0.2) is 17.8 Å². The minimum Gasteiger partial charge on any atom is -0.266 e. The molecule has 0 amide bonds. The van der Waals surface area contributed by atoms with Crippen LogP contribution in [0, 0.1) is 12.7 Å². The summed E-state index contributed by atoms with van der Waals surface area (Å²) in [5.74, 6) is -0.614. The standard InChI is InChI=1S/C13H12ClFN2O2S/c1-9-7-10(8-16-13(9)14)20(18,19)17(2)12-6-4-3-5-11(12)15/h3-8H,1-2H3. The number of pyridine rings is 1. The molecule has 7 heteroatoms. The average Bonchev–Trinajstić information content (AvgIpc) is 2.41. The van der Waals surface area contributed by atoms with E-state index in [0.717, 1.165) is 10.5 Å². The number of aromatic nitrogens is 1. The van der Waals surface area contributed by atoms with Crippen LogP contribution in [-0.4, -0.2) is 20.4 Å². The van der Waals surface area contributed by atoms with Crippen LogP contribution in [0.3, 0.4) is 0 Å². The summed E-state index contributed by atoms with van der Waals surface area (Å²) in [7, 11) is -2.59. The lowest BCUT2D eigenvalue weighted by molar-refractivity contribution is 0.589. The first-order valence-corrected chi connectivity index (χ1v) is 7.51. The monoisotopic (exact) mass is 314 g/mol. The Balaban J connectivity index is 2.50. The van der Waals surface area contributed by atoms with Gasteiger partial charge in [0.2, 0.25) is 0 Å². The van der Waals surface area contributed by atoms with E-state index in [1.165, 1.54) is 31.3 Å². The Morgan fingerprint density at radius 2 is 1.95 bits per heavy atom. The average molecular weight is 315 g/mol. The maximum Gasteiger partial charge on any atom is 0.265 e. The van der Waals surface area contributed by atoms with Gasteiger partial charge in [0.05, 0.1) is 5.69 Å². The maximum absolute atomic E-state index is 13.7. The maximum atomic E-state index is 13.7. The van der Waals surface area contributed by atoms with Crippen molar-refractivity contribution in [2.45, 2.75) is 11.8 Å². The number of benzene rings is 1. The van der Waals surface area contributed by atoms with Crippen LogP contribution in [0.15, 0.2) is 41.4 Å². The summed E-state index contributed by atoms with van der Waals surface area (Å²) in [5, 5.41) is 0.234. The van der Waals surface area contributed by atoms with Crippen molar-refractivity contribution in [3.8, 4) is 0 Å². The first-order chi connectivity index (χ1) is 9.34. The van der Waals surface area contributed by atoms with E-state index in [9.17, 15) is 12.8 Å². The summed E-state index contributed by atoms with van der Waals surface area (Å²) in [6.45, 7) is 1.65. The third kappa shape index (κ3) is 2.62. The third-order valence-electron chi connectivity index (χ3n) is 2.84. The topological polar surface area (TPSA) is 50.3 Å². The predicted octanol–water partition coefficient (Wildman–Crippen LogP) is 3.01. The Labute approximate surface area is 121 Å². The fraction of sp³-hybridized carbons (Fsp3) is 0.154. The van der Waals surface area contributed by atoms with Crippen LogP contribution in [0.5, 0.6) is 0 Å². The van der Waals surface area contributed by atoms with Crippen molar-refractivity contribution in [1.82, 2.24) is 4.98 Å². The molecule has 0 N–H and O–H groups in total. The highest BCUT2D eigenvalue weighted by Gasteiger charge is 2.24. The number of rotatable bonds is 3. The molecule has 0 spiro atoms. The SMILES string of the molecule is Cc1cc(S(=O)(=O)N(C)c2ccccc2F)cnc1Cl. The quantitative estimate of drug-likeness (QED) is 0.818. The molecule has 0 bridgehead atoms. The van der Waals surface area contributed by atoms with E-state index in [4.69, 9.17) is 11.6 Å². The van der Waals surface area contributed by atoms with E-state index in [1.807, 2.05) is 0 Å². The second-order valence-electron chi connectivity index (χ2n) is 4.20. The van der Waals surface area contributed by atoms with Crippen molar-refractivity contribution < 1.29 is 12.8 Å². The summed E-state index contributed by atoms with van der Waals surface area (Å²) in [6, 6.07) is 7.06. The Morgan fingerprint density at radius 3 is 2.55 bits per heavy atom. The minimum absolute atomic E-state index is 0.0277. The van der Waals surface area contributed by atoms with Gasteiger partial charge >= 0.3 is 0 Å². The highest BCUT2D eigenvalue weighted by molar-refractivity contribution is 7.92. The molecule has 0 saturated heterocycles. The number of halogens is 2. The van der Waals surface area contributed by atoms with Crippen LogP contribution < -0.4 is 4.31 Å². The number of hydrogen-bond donors (Lipinski definition) is 0. The van der Waals surface area contributed by atoms with Crippen LogP contribution >= 0.6 is 11.6 Å². The van der Waals surface area contributed by atoms with Gasteiger partial charge in [-0.15, -0.1) is 0 Å². The summed E-state index contributed by atoms with van der Waals surface area (Å²) >= 11 is 5.77. The minimum atomic E-state index is -3.88. The first-order valence-electron chi connectivity index (χ1n) is 5.69.